The average molecular weight is 251 g/mol. The maximum atomic E-state index is 10.5. The molecule has 0 aromatic carbocycles. The van der Waals surface area contributed by atoms with Crippen LogP contribution in [0.4, 0.5) is 0 Å². The Balaban J connectivity index is 3.48. The maximum Gasteiger partial charge on any atom is 0.264 e. The van der Waals surface area contributed by atoms with Crippen LogP contribution >= 0.6 is 0 Å². The third kappa shape index (κ3) is 10.4. The molecule has 16 heavy (non-hydrogen) atoms. The first-order chi connectivity index (χ1) is 7.49. The standard InChI is InChI=1S/C11H25NO3S/c1-3-5-7-11(4-2)10-12-8-6-9-16(13,14)15/h11-12H,3-10H2,1-2H3,(H,13,14,15)/t11-/m0/s1. The molecule has 0 radical (unpaired) electrons. The molecule has 0 rings (SSSR count). The summed E-state index contributed by atoms with van der Waals surface area (Å²) in [7, 11) is -3.78. The van der Waals surface area contributed by atoms with E-state index in [2.05, 4.69) is 19.2 Å². The molecule has 0 fully saturated rings. The first kappa shape index (κ1) is 15.9. The normalized spacial score (nSPS) is 13.9. The van der Waals surface area contributed by atoms with Gasteiger partial charge >= 0.3 is 0 Å². The van der Waals surface area contributed by atoms with Crippen molar-refractivity contribution in [3.63, 3.8) is 0 Å². The van der Waals surface area contributed by atoms with Crippen molar-refractivity contribution in [3.05, 3.63) is 0 Å². The lowest BCUT2D eigenvalue weighted by Crippen LogP contribution is -2.25. The molecule has 0 aliphatic carbocycles. The predicted octanol–water partition coefficient (Wildman–Crippen LogP) is 2.07. The van der Waals surface area contributed by atoms with E-state index in [0.29, 0.717) is 18.9 Å². The Morgan fingerprint density at radius 3 is 2.44 bits per heavy atom. The molecule has 0 saturated heterocycles. The van der Waals surface area contributed by atoms with E-state index < -0.39 is 10.1 Å². The molecule has 0 aliphatic heterocycles. The Kier molecular flexibility index (Phi) is 8.89. The largest absolute Gasteiger partial charge is 0.316 e. The van der Waals surface area contributed by atoms with E-state index in [1.807, 2.05) is 0 Å². The summed E-state index contributed by atoms with van der Waals surface area (Å²) in [6.07, 6.45) is 5.34. The van der Waals surface area contributed by atoms with E-state index in [-0.39, 0.29) is 5.75 Å². The van der Waals surface area contributed by atoms with Crippen LogP contribution in [-0.2, 0) is 10.1 Å². The Hall–Kier alpha value is -0.130. The zero-order valence-corrected chi connectivity index (χ0v) is 11.2. The molecule has 1 atom stereocenters. The summed E-state index contributed by atoms with van der Waals surface area (Å²) in [4.78, 5) is 0. The summed E-state index contributed by atoms with van der Waals surface area (Å²) >= 11 is 0. The molecule has 0 saturated carbocycles. The summed E-state index contributed by atoms with van der Waals surface area (Å²) in [5.74, 6) is 0.539. The lowest BCUT2D eigenvalue weighted by atomic mass is 9.99. The van der Waals surface area contributed by atoms with Gasteiger partial charge in [-0.2, -0.15) is 8.42 Å². The highest BCUT2D eigenvalue weighted by molar-refractivity contribution is 7.85. The fourth-order valence-corrected chi connectivity index (χ4v) is 2.14. The van der Waals surface area contributed by atoms with E-state index in [1.165, 1.54) is 19.3 Å². The minimum atomic E-state index is -3.78. The number of hydrogen-bond acceptors (Lipinski definition) is 3. The van der Waals surface area contributed by atoms with Crippen molar-refractivity contribution < 1.29 is 13.0 Å². The Bertz CT molecular complexity index is 252. The second-order valence-electron chi connectivity index (χ2n) is 4.26. The van der Waals surface area contributed by atoms with Crippen molar-refractivity contribution in [1.29, 1.82) is 0 Å². The Labute approximate surface area is 99.6 Å². The van der Waals surface area contributed by atoms with Crippen LogP contribution in [0.1, 0.15) is 46.0 Å². The highest BCUT2D eigenvalue weighted by atomic mass is 32.2. The second-order valence-corrected chi connectivity index (χ2v) is 5.83. The monoisotopic (exact) mass is 251 g/mol. The van der Waals surface area contributed by atoms with Gasteiger partial charge in [-0.3, -0.25) is 4.55 Å². The third-order valence-corrected chi connectivity index (χ3v) is 3.54. The minimum absolute atomic E-state index is 0.147. The van der Waals surface area contributed by atoms with Crippen molar-refractivity contribution in [1.82, 2.24) is 5.32 Å². The molecule has 0 aromatic rings. The molecule has 5 heteroatoms. The van der Waals surface area contributed by atoms with Gasteiger partial charge < -0.3 is 5.32 Å². The highest BCUT2D eigenvalue weighted by Gasteiger charge is 2.06. The lowest BCUT2D eigenvalue weighted by molar-refractivity contribution is 0.419. The smallest absolute Gasteiger partial charge is 0.264 e. The van der Waals surface area contributed by atoms with Crippen LogP contribution in [-0.4, -0.2) is 31.8 Å². The van der Waals surface area contributed by atoms with Crippen LogP contribution in [0.2, 0.25) is 0 Å². The molecule has 0 unspecified atom stereocenters. The van der Waals surface area contributed by atoms with Crippen molar-refractivity contribution in [2.24, 2.45) is 5.92 Å². The first-order valence-corrected chi connectivity index (χ1v) is 7.76. The lowest BCUT2D eigenvalue weighted by Gasteiger charge is -2.14. The summed E-state index contributed by atoms with van der Waals surface area (Å²) in [5.41, 5.74) is 0. The fraction of sp³-hybridized carbons (Fsp3) is 1.00. The van der Waals surface area contributed by atoms with Crippen molar-refractivity contribution in [3.8, 4) is 0 Å². The topological polar surface area (TPSA) is 66.4 Å². The quantitative estimate of drug-likeness (QED) is 0.461. The average Bonchev–Trinajstić information content (AvgIpc) is 2.20. The number of rotatable bonds is 10. The minimum Gasteiger partial charge on any atom is -0.316 e. The molecule has 0 amide bonds. The van der Waals surface area contributed by atoms with E-state index >= 15 is 0 Å². The van der Waals surface area contributed by atoms with Gasteiger partial charge in [-0.25, -0.2) is 0 Å². The Morgan fingerprint density at radius 2 is 1.94 bits per heavy atom. The summed E-state index contributed by atoms with van der Waals surface area (Å²) in [5, 5.41) is 3.24. The van der Waals surface area contributed by atoms with Crippen molar-refractivity contribution >= 4 is 10.1 Å². The molecule has 2 N–H and O–H groups in total. The van der Waals surface area contributed by atoms with Gasteiger partial charge in [0.1, 0.15) is 0 Å². The van der Waals surface area contributed by atoms with Crippen LogP contribution in [0.3, 0.4) is 0 Å². The number of unbranched alkanes of at least 4 members (excludes halogenated alkanes) is 1. The predicted molar refractivity (Wildman–Crippen MR) is 67.2 cm³/mol. The fourth-order valence-electron chi connectivity index (χ4n) is 1.63. The molecule has 0 aromatic heterocycles. The van der Waals surface area contributed by atoms with Gasteiger partial charge in [0.2, 0.25) is 0 Å². The molecular formula is C11H25NO3S. The second kappa shape index (κ2) is 8.96. The van der Waals surface area contributed by atoms with Crippen LogP contribution in [0, 0.1) is 5.92 Å². The zero-order chi connectivity index (χ0) is 12.4. The van der Waals surface area contributed by atoms with Gasteiger partial charge in [0, 0.05) is 0 Å². The van der Waals surface area contributed by atoms with Gasteiger partial charge in [0.25, 0.3) is 10.1 Å². The summed E-state index contributed by atoms with van der Waals surface area (Å²) < 4.78 is 29.4. The molecule has 0 heterocycles. The van der Waals surface area contributed by atoms with E-state index in [1.54, 1.807) is 0 Å². The van der Waals surface area contributed by atoms with E-state index in [0.717, 1.165) is 13.0 Å². The summed E-state index contributed by atoms with van der Waals surface area (Å²) in [6, 6.07) is 0. The molecule has 4 nitrogen and oxygen atoms in total. The van der Waals surface area contributed by atoms with E-state index in [9.17, 15) is 8.42 Å². The van der Waals surface area contributed by atoms with Gasteiger partial charge in [-0.15, -0.1) is 0 Å². The van der Waals surface area contributed by atoms with Crippen LogP contribution < -0.4 is 5.32 Å². The zero-order valence-electron chi connectivity index (χ0n) is 10.4. The SMILES string of the molecule is CCCC[C@H](CC)CNCCCS(=O)(=O)O. The van der Waals surface area contributed by atoms with Gasteiger partial charge in [0.05, 0.1) is 5.75 Å². The highest BCUT2D eigenvalue weighted by Crippen LogP contribution is 2.10. The van der Waals surface area contributed by atoms with Crippen LogP contribution in [0.15, 0.2) is 0 Å². The third-order valence-electron chi connectivity index (χ3n) is 2.73. The molecular weight excluding hydrogens is 226 g/mol. The van der Waals surface area contributed by atoms with Gasteiger partial charge in [-0.1, -0.05) is 33.1 Å². The number of hydrogen-bond donors (Lipinski definition) is 2. The molecule has 0 spiro atoms. The molecule has 0 aliphatic rings. The van der Waals surface area contributed by atoms with Crippen LogP contribution in [0.25, 0.3) is 0 Å². The maximum absolute atomic E-state index is 10.5. The Morgan fingerprint density at radius 1 is 1.25 bits per heavy atom. The van der Waals surface area contributed by atoms with E-state index in [4.69, 9.17) is 4.55 Å². The summed E-state index contributed by atoms with van der Waals surface area (Å²) in [6.45, 7) is 5.97. The van der Waals surface area contributed by atoms with Crippen LogP contribution in [0.5, 0.6) is 0 Å². The molecule has 98 valence electrons. The number of nitrogens with one attached hydrogen (secondary N) is 1. The molecule has 0 bridgehead atoms. The first-order valence-electron chi connectivity index (χ1n) is 6.15. The van der Waals surface area contributed by atoms with Gasteiger partial charge in [0.15, 0.2) is 0 Å². The van der Waals surface area contributed by atoms with Crippen molar-refractivity contribution in [2.75, 3.05) is 18.8 Å². The van der Waals surface area contributed by atoms with Crippen molar-refractivity contribution in [2.45, 2.75) is 46.0 Å². The van der Waals surface area contributed by atoms with Gasteiger partial charge in [-0.05, 0) is 31.8 Å².